The summed E-state index contributed by atoms with van der Waals surface area (Å²) in [6.07, 6.45) is -0.769. The van der Waals surface area contributed by atoms with E-state index < -0.39 is 12.1 Å². The molecule has 3 nitrogen and oxygen atoms in total. The molecule has 2 rings (SSSR count). The van der Waals surface area contributed by atoms with Crippen LogP contribution in [0.5, 0.6) is 0 Å². The zero-order valence-electron chi connectivity index (χ0n) is 10.8. The Morgan fingerprint density at radius 1 is 1.47 bits per heavy atom. The molecular weight excluding hydrogens is 255 g/mol. The van der Waals surface area contributed by atoms with Crippen LogP contribution < -0.4 is 5.32 Å². The smallest absolute Gasteiger partial charge is 0.315 e. The van der Waals surface area contributed by atoms with Crippen LogP contribution in [0.15, 0.2) is 24.5 Å². The van der Waals surface area contributed by atoms with E-state index in [9.17, 15) is 13.2 Å². The molecule has 1 aliphatic heterocycles. The number of nitrogens with zero attached hydrogens (tertiary/aromatic N) is 2. The molecule has 0 radical (unpaired) electrons. The Hall–Kier alpha value is -1.14. The van der Waals surface area contributed by atoms with Gasteiger partial charge in [0, 0.05) is 44.6 Å². The first kappa shape index (κ1) is 14.3. The Labute approximate surface area is 110 Å². The molecular formula is C13H18F3N3. The summed E-state index contributed by atoms with van der Waals surface area (Å²) in [5, 5.41) is 2.86. The van der Waals surface area contributed by atoms with Crippen molar-refractivity contribution < 1.29 is 13.2 Å². The number of alkyl halides is 3. The molecule has 1 aromatic rings. The molecule has 0 saturated carbocycles. The molecule has 0 bridgehead atoms. The lowest BCUT2D eigenvalue weighted by atomic mass is 10.1. The monoisotopic (exact) mass is 273 g/mol. The van der Waals surface area contributed by atoms with Crippen molar-refractivity contribution in [3.8, 4) is 0 Å². The zero-order valence-corrected chi connectivity index (χ0v) is 10.8. The van der Waals surface area contributed by atoms with Gasteiger partial charge in [0.25, 0.3) is 0 Å². The van der Waals surface area contributed by atoms with Gasteiger partial charge in [-0.25, -0.2) is 0 Å². The molecule has 1 saturated heterocycles. The number of halogens is 3. The summed E-state index contributed by atoms with van der Waals surface area (Å²) in [5.74, 6) is -1.31. The van der Waals surface area contributed by atoms with Crippen LogP contribution in [0, 0.1) is 5.92 Å². The van der Waals surface area contributed by atoms with E-state index in [4.69, 9.17) is 0 Å². The fourth-order valence-corrected chi connectivity index (χ4v) is 2.34. The van der Waals surface area contributed by atoms with Crippen LogP contribution in [0.25, 0.3) is 0 Å². The molecule has 1 aliphatic rings. The molecule has 2 heterocycles. The van der Waals surface area contributed by atoms with Crippen molar-refractivity contribution in [2.24, 2.45) is 5.92 Å². The normalized spacial score (nSPS) is 23.9. The molecule has 106 valence electrons. The Balaban J connectivity index is 2.10. The summed E-state index contributed by atoms with van der Waals surface area (Å²) in [6, 6.07) is 3.65. The fourth-order valence-electron chi connectivity index (χ4n) is 2.34. The maximum absolute atomic E-state index is 12.9. The van der Waals surface area contributed by atoms with Gasteiger partial charge in [0.2, 0.25) is 0 Å². The molecule has 19 heavy (non-hydrogen) atoms. The minimum Gasteiger partial charge on any atom is -0.315 e. The molecule has 2 unspecified atom stereocenters. The number of rotatable bonds is 2. The van der Waals surface area contributed by atoms with Crippen molar-refractivity contribution in [2.75, 3.05) is 26.2 Å². The van der Waals surface area contributed by atoms with Gasteiger partial charge in [-0.05, 0) is 18.6 Å². The van der Waals surface area contributed by atoms with E-state index in [2.05, 4.69) is 10.3 Å². The van der Waals surface area contributed by atoms with Gasteiger partial charge in [0.05, 0.1) is 5.92 Å². The van der Waals surface area contributed by atoms with E-state index in [-0.39, 0.29) is 19.1 Å². The second-order valence-electron chi connectivity index (χ2n) is 4.90. The van der Waals surface area contributed by atoms with Crippen LogP contribution in [-0.2, 0) is 0 Å². The molecule has 1 aromatic heterocycles. The number of aromatic nitrogens is 1. The van der Waals surface area contributed by atoms with E-state index in [0.29, 0.717) is 13.1 Å². The second kappa shape index (κ2) is 5.88. The zero-order chi connectivity index (χ0) is 13.9. The number of pyridine rings is 1. The fraction of sp³-hybridized carbons (Fsp3) is 0.615. The first-order chi connectivity index (χ1) is 8.98. The lowest BCUT2D eigenvalue weighted by Gasteiger charge is -2.30. The van der Waals surface area contributed by atoms with Crippen LogP contribution in [0.3, 0.4) is 0 Å². The van der Waals surface area contributed by atoms with Crippen molar-refractivity contribution in [3.05, 3.63) is 30.1 Å². The third-order valence-electron chi connectivity index (χ3n) is 3.60. The van der Waals surface area contributed by atoms with Crippen molar-refractivity contribution in [3.63, 3.8) is 0 Å². The van der Waals surface area contributed by atoms with Gasteiger partial charge in [-0.1, -0.05) is 6.07 Å². The van der Waals surface area contributed by atoms with Crippen LogP contribution in [0.2, 0.25) is 0 Å². The van der Waals surface area contributed by atoms with Gasteiger partial charge >= 0.3 is 6.18 Å². The number of nitrogens with one attached hydrogen (secondary N) is 1. The average Bonchev–Trinajstić information content (AvgIpc) is 2.64. The van der Waals surface area contributed by atoms with E-state index >= 15 is 0 Å². The molecule has 2 atom stereocenters. The predicted octanol–water partition coefficient (Wildman–Crippen LogP) is 2.23. The molecule has 1 fully saturated rings. The highest BCUT2D eigenvalue weighted by Gasteiger charge is 2.41. The standard InChI is InChI=1S/C13H18F3N3/c1-10(11-3-2-4-17-7-11)19-6-5-18-8-12(9-19)13(14,15)16/h2-4,7,10,12,18H,5-6,8-9H2,1H3. The highest BCUT2D eigenvalue weighted by Crippen LogP contribution is 2.30. The minimum absolute atomic E-state index is 0.000238. The van der Waals surface area contributed by atoms with E-state index in [0.717, 1.165) is 5.56 Å². The topological polar surface area (TPSA) is 28.2 Å². The van der Waals surface area contributed by atoms with Crippen LogP contribution >= 0.6 is 0 Å². The summed E-state index contributed by atoms with van der Waals surface area (Å²) in [6.45, 7) is 3.15. The third kappa shape index (κ3) is 3.67. The van der Waals surface area contributed by atoms with Crippen LogP contribution in [-0.4, -0.2) is 42.2 Å². The summed E-state index contributed by atoms with van der Waals surface area (Å²) in [7, 11) is 0. The lowest BCUT2D eigenvalue weighted by Crippen LogP contribution is -2.39. The van der Waals surface area contributed by atoms with Gasteiger partial charge in [0.1, 0.15) is 0 Å². The highest BCUT2D eigenvalue weighted by molar-refractivity contribution is 5.13. The largest absolute Gasteiger partial charge is 0.394 e. The SMILES string of the molecule is CC(c1cccnc1)N1CCNCC(C(F)(F)F)C1. The van der Waals surface area contributed by atoms with Crippen LogP contribution in [0.1, 0.15) is 18.5 Å². The Bertz CT molecular complexity index is 394. The van der Waals surface area contributed by atoms with Gasteiger partial charge in [-0.2, -0.15) is 13.2 Å². The number of hydrogen-bond acceptors (Lipinski definition) is 3. The summed E-state index contributed by atoms with van der Waals surface area (Å²) in [5.41, 5.74) is 0.949. The van der Waals surface area contributed by atoms with Gasteiger partial charge in [-0.15, -0.1) is 0 Å². The molecule has 6 heteroatoms. The Kier molecular flexibility index (Phi) is 4.42. The quantitative estimate of drug-likeness (QED) is 0.895. The maximum atomic E-state index is 12.9. The molecule has 0 spiro atoms. The average molecular weight is 273 g/mol. The summed E-state index contributed by atoms with van der Waals surface area (Å²) >= 11 is 0. The Morgan fingerprint density at radius 2 is 2.26 bits per heavy atom. The maximum Gasteiger partial charge on any atom is 0.394 e. The van der Waals surface area contributed by atoms with E-state index in [1.54, 1.807) is 12.4 Å². The summed E-state index contributed by atoms with van der Waals surface area (Å²) in [4.78, 5) is 5.90. The second-order valence-corrected chi connectivity index (χ2v) is 4.90. The van der Waals surface area contributed by atoms with Gasteiger partial charge in [0.15, 0.2) is 0 Å². The lowest BCUT2D eigenvalue weighted by molar-refractivity contribution is -0.176. The third-order valence-corrected chi connectivity index (χ3v) is 3.60. The molecule has 1 N–H and O–H groups in total. The molecule has 0 amide bonds. The predicted molar refractivity (Wildman–Crippen MR) is 66.6 cm³/mol. The first-order valence-corrected chi connectivity index (χ1v) is 6.40. The van der Waals surface area contributed by atoms with Gasteiger partial charge in [-0.3, -0.25) is 9.88 Å². The minimum atomic E-state index is -4.15. The first-order valence-electron chi connectivity index (χ1n) is 6.40. The Morgan fingerprint density at radius 3 is 2.89 bits per heavy atom. The van der Waals surface area contributed by atoms with Crippen LogP contribution in [0.4, 0.5) is 13.2 Å². The van der Waals surface area contributed by atoms with E-state index in [1.807, 2.05) is 24.0 Å². The van der Waals surface area contributed by atoms with Crippen molar-refractivity contribution in [2.45, 2.75) is 19.1 Å². The number of hydrogen-bond donors (Lipinski definition) is 1. The van der Waals surface area contributed by atoms with Gasteiger partial charge < -0.3 is 5.32 Å². The summed E-state index contributed by atoms with van der Waals surface area (Å²) < 4.78 is 38.6. The van der Waals surface area contributed by atoms with Crippen molar-refractivity contribution in [1.82, 2.24) is 15.2 Å². The molecule has 0 aliphatic carbocycles. The van der Waals surface area contributed by atoms with Crippen molar-refractivity contribution >= 4 is 0 Å². The van der Waals surface area contributed by atoms with Crippen molar-refractivity contribution in [1.29, 1.82) is 0 Å². The highest BCUT2D eigenvalue weighted by atomic mass is 19.4. The van der Waals surface area contributed by atoms with E-state index in [1.165, 1.54) is 0 Å². The molecule has 0 aromatic carbocycles.